The first-order valence-corrected chi connectivity index (χ1v) is 11.1. The second-order valence-corrected chi connectivity index (χ2v) is 8.86. The molecule has 4 heterocycles. The molecule has 2 atom stereocenters. The Balaban J connectivity index is 1.33. The zero-order valence-corrected chi connectivity index (χ0v) is 17.7. The molecule has 1 aromatic carbocycles. The summed E-state index contributed by atoms with van der Waals surface area (Å²) in [5, 5.41) is 11.3. The molecule has 0 radical (unpaired) electrons. The van der Waals surface area contributed by atoms with Gasteiger partial charge >= 0.3 is 0 Å². The number of halogens is 1. The van der Waals surface area contributed by atoms with Crippen molar-refractivity contribution >= 4 is 22.3 Å². The zero-order chi connectivity index (χ0) is 21.4. The summed E-state index contributed by atoms with van der Waals surface area (Å²) < 4.78 is 18.6. The van der Waals surface area contributed by atoms with Crippen LogP contribution in [0.3, 0.4) is 0 Å². The predicted octanol–water partition coefficient (Wildman–Crippen LogP) is 1.95. The van der Waals surface area contributed by atoms with E-state index in [9.17, 15) is 14.3 Å². The number of morpholine rings is 1. The van der Waals surface area contributed by atoms with Crippen molar-refractivity contribution in [2.24, 2.45) is 0 Å². The first-order chi connectivity index (χ1) is 15.1. The summed E-state index contributed by atoms with van der Waals surface area (Å²) in [5.41, 5.74) is 2.02. The maximum absolute atomic E-state index is 13.1. The van der Waals surface area contributed by atoms with E-state index in [4.69, 9.17) is 4.74 Å². The van der Waals surface area contributed by atoms with E-state index in [0.29, 0.717) is 31.4 Å². The van der Waals surface area contributed by atoms with Crippen molar-refractivity contribution in [3.05, 3.63) is 70.8 Å². The molecule has 9 heteroatoms. The van der Waals surface area contributed by atoms with Gasteiger partial charge in [-0.15, -0.1) is 11.3 Å². The summed E-state index contributed by atoms with van der Waals surface area (Å²) in [5.74, 6) is -0.534. The maximum atomic E-state index is 13.1. The molecule has 3 aliphatic rings. The third kappa shape index (κ3) is 4.08. The van der Waals surface area contributed by atoms with Crippen LogP contribution < -0.4 is 4.90 Å². The van der Waals surface area contributed by atoms with Crippen LogP contribution >= 0.6 is 11.3 Å². The average molecular weight is 443 g/mol. The molecule has 0 bridgehead atoms. The van der Waals surface area contributed by atoms with Gasteiger partial charge < -0.3 is 19.6 Å². The van der Waals surface area contributed by atoms with Gasteiger partial charge in [0, 0.05) is 36.8 Å². The van der Waals surface area contributed by atoms with E-state index in [0.717, 1.165) is 29.2 Å². The van der Waals surface area contributed by atoms with Crippen molar-refractivity contribution in [3.63, 3.8) is 0 Å². The van der Waals surface area contributed by atoms with Crippen LogP contribution in [0.2, 0.25) is 0 Å². The number of ether oxygens (including phenoxy) is 1. The molecular weight excluding hydrogens is 419 g/mol. The lowest BCUT2D eigenvalue weighted by Gasteiger charge is -2.44. The molecule has 3 aliphatic heterocycles. The monoisotopic (exact) mass is 442 g/mol. The highest BCUT2D eigenvalue weighted by Crippen LogP contribution is 2.31. The Morgan fingerprint density at radius 3 is 2.77 bits per heavy atom. The Bertz CT molecular complexity index is 1020. The number of fused-ring (bicyclic) bond motifs is 1. The molecule has 0 aliphatic carbocycles. The highest BCUT2D eigenvalue weighted by Gasteiger charge is 2.40. The Morgan fingerprint density at radius 2 is 2.00 bits per heavy atom. The van der Waals surface area contributed by atoms with E-state index in [1.165, 1.54) is 23.5 Å². The highest BCUT2D eigenvalue weighted by atomic mass is 32.1. The number of carbonyl (C=O) groups is 1. The Morgan fingerprint density at radius 1 is 1.23 bits per heavy atom. The summed E-state index contributed by atoms with van der Waals surface area (Å²) in [7, 11) is 0. The molecule has 1 N–H and O–H groups in total. The van der Waals surface area contributed by atoms with Crippen LogP contribution in [0.5, 0.6) is 0 Å². The second-order valence-electron chi connectivity index (χ2n) is 7.77. The molecule has 31 heavy (non-hydrogen) atoms. The molecule has 0 spiro atoms. The summed E-state index contributed by atoms with van der Waals surface area (Å²) in [4.78, 5) is 24.1. The van der Waals surface area contributed by atoms with Gasteiger partial charge in [-0.05, 0) is 23.8 Å². The molecule has 2 fully saturated rings. The van der Waals surface area contributed by atoms with Crippen molar-refractivity contribution in [2.75, 3.05) is 37.9 Å². The number of benzene rings is 1. The molecule has 7 nitrogen and oxygen atoms in total. The van der Waals surface area contributed by atoms with Gasteiger partial charge in [0.25, 0.3) is 0 Å². The smallest absolute Gasteiger partial charge is 0.208 e. The lowest BCUT2D eigenvalue weighted by Crippen LogP contribution is -2.60. The number of Topliss-reactive ketones (excluding diaryl/α,β-unsaturated/α-hetero) is 1. The number of aromatic nitrogens is 1. The fourth-order valence-electron chi connectivity index (χ4n) is 4.03. The SMILES string of the molecule is O=C1C2C=CC(N3CCOCC3)=CN2CN(c2ncc(Cc3ccc(F)cc3)s2)C1O. The van der Waals surface area contributed by atoms with E-state index < -0.39 is 12.3 Å². The standard InChI is InChI=1S/C22H23FN4O3S/c23-16-3-1-15(2-4-16)11-18-12-24-22(31-18)27-14-26-13-17(25-7-9-30-10-8-25)5-6-19(26)20(28)21(27)29/h1-6,12-13,19,21,29H,7-11,14H2. The number of carbonyl (C=O) groups excluding carboxylic acids is 1. The van der Waals surface area contributed by atoms with Crippen LogP contribution in [-0.4, -0.2) is 70.9 Å². The summed E-state index contributed by atoms with van der Waals surface area (Å²) >= 11 is 1.43. The van der Waals surface area contributed by atoms with Crippen LogP contribution in [0.1, 0.15) is 10.4 Å². The lowest BCUT2D eigenvalue weighted by atomic mass is 10.0. The number of hydrogen-bond donors (Lipinski definition) is 1. The maximum Gasteiger partial charge on any atom is 0.208 e. The van der Waals surface area contributed by atoms with E-state index >= 15 is 0 Å². The Hall–Kier alpha value is -2.75. The van der Waals surface area contributed by atoms with E-state index in [1.807, 2.05) is 23.3 Å². The largest absolute Gasteiger partial charge is 0.378 e. The molecule has 0 saturated carbocycles. The lowest BCUT2D eigenvalue weighted by molar-refractivity contribution is -0.133. The molecule has 162 valence electrons. The van der Waals surface area contributed by atoms with Crippen molar-refractivity contribution in [1.29, 1.82) is 0 Å². The van der Waals surface area contributed by atoms with Gasteiger partial charge in [0.05, 0.1) is 25.6 Å². The van der Waals surface area contributed by atoms with Gasteiger partial charge in [-0.3, -0.25) is 9.69 Å². The van der Waals surface area contributed by atoms with Gasteiger partial charge in [-0.2, -0.15) is 0 Å². The normalized spacial score (nSPS) is 23.7. The number of aliphatic hydroxyl groups excluding tert-OH is 1. The Kier molecular flexibility index (Phi) is 5.47. The van der Waals surface area contributed by atoms with Crippen LogP contribution in [0.4, 0.5) is 9.52 Å². The molecular formula is C22H23FN4O3S. The number of anilines is 1. The van der Waals surface area contributed by atoms with Crippen LogP contribution in [0, 0.1) is 5.82 Å². The van der Waals surface area contributed by atoms with E-state index in [1.54, 1.807) is 23.2 Å². The topological polar surface area (TPSA) is 69.1 Å². The van der Waals surface area contributed by atoms with Crippen molar-refractivity contribution in [2.45, 2.75) is 18.7 Å². The van der Waals surface area contributed by atoms with Crippen LogP contribution in [0.15, 0.2) is 54.5 Å². The van der Waals surface area contributed by atoms with Gasteiger partial charge in [0.2, 0.25) is 5.78 Å². The third-order valence-corrected chi connectivity index (χ3v) is 6.75. The minimum atomic E-state index is -1.24. The van der Waals surface area contributed by atoms with Gasteiger partial charge in [-0.25, -0.2) is 9.37 Å². The number of rotatable bonds is 4. The first kappa shape index (κ1) is 20.2. The highest BCUT2D eigenvalue weighted by molar-refractivity contribution is 7.15. The molecule has 2 aromatic rings. The number of hydrogen-bond acceptors (Lipinski definition) is 8. The molecule has 5 rings (SSSR count). The number of aliphatic hydroxyl groups is 1. The number of thiazole rings is 1. The molecule has 1 aromatic heterocycles. The van der Waals surface area contributed by atoms with Gasteiger partial charge in [0.15, 0.2) is 11.4 Å². The molecule has 2 saturated heterocycles. The summed E-state index contributed by atoms with van der Waals surface area (Å²) in [6, 6.07) is 5.89. The first-order valence-electron chi connectivity index (χ1n) is 10.2. The van der Waals surface area contributed by atoms with Gasteiger partial charge in [0.1, 0.15) is 11.9 Å². The van der Waals surface area contributed by atoms with Crippen molar-refractivity contribution < 1.29 is 19.0 Å². The van der Waals surface area contributed by atoms with E-state index in [-0.39, 0.29) is 11.6 Å². The van der Waals surface area contributed by atoms with Crippen LogP contribution in [0.25, 0.3) is 0 Å². The summed E-state index contributed by atoms with van der Waals surface area (Å²) in [6.45, 7) is 3.37. The molecule has 2 unspecified atom stereocenters. The third-order valence-electron chi connectivity index (χ3n) is 5.72. The van der Waals surface area contributed by atoms with Crippen LogP contribution in [-0.2, 0) is 16.0 Å². The minimum Gasteiger partial charge on any atom is -0.378 e. The number of ketones is 1. The fourth-order valence-corrected chi connectivity index (χ4v) is 4.99. The van der Waals surface area contributed by atoms with Crippen molar-refractivity contribution in [1.82, 2.24) is 14.8 Å². The zero-order valence-electron chi connectivity index (χ0n) is 16.9. The number of nitrogens with zero attached hydrogens (tertiary/aromatic N) is 4. The predicted molar refractivity (Wildman–Crippen MR) is 115 cm³/mol. The van der Waals surface area contributed by atoms with Gasteiger partial charge in [-0.1, -0.05) is 18.2 Å². The summed E-state index contributed by atoms with van der Waals surface area (Å²) in [6.07, 6.45) is 6.92. The van der Waals surface area contributed by atoms with Crippen molar-refractivity contribution in [3.8, 4) is 0 Å². The quantitative estimate of drug-likeness (QED) is 0.776. The number of allylic oxidation sites excluding steroid dienone is 1. The Labute approximate surface area is 183 Å². The molecule has 0 amide bonds. The fraction of sp³-hybridized carbons (Fsp3) is 0.364. The second kappa shape index (κ2) is 8.41. The minimum absolute atomic E-state index is 0.265. The average Bonchev–Trinajstić information content (AvgIpc) is 3.26. The van der Waals surface area contributed by atoms with E-state index in [2.05, 4.69) is 9.88 Å².